The summed E-state index contributed by atoms with van der Waals surface area (Å²) in [5.74, 6) is 1.09. The number of amides is 2. The van der Waals surface area contributed by atoms with Gasteiger partial charge in [-0.05, 0) is 66.8 Å². The number of ether oxygens (including phenoxy) is 1. The molecule has 0 N–H and O–H groups in total. The van der Waals surface area contributed by atoms with Crippen molar-refractivity contribution in [1.29, 1.82) is 0 Å². The van der Waals surface area contributed by atoms with Gasteiger partial charge in [0.2, 0.25) is 11.8 Å². The Balaban J connectivity index is 1.28. The van der Waals surface area contributed by atoms with E-state index < -0.39 is 0 Å². The van der Waals surface area contributed by atoms with Crippen LogP contribution in [0.1, 0.15) is 31.7 Å². The van der Waals surface area contributed by atoms with Crippen LogP contribution in [0, 0.1) is 0 Å². The first kappa shape index (κ1) is 22.3. The van der Waals surface area contributed by atoms with Crippen molar-refractivity contribution >= 4 is 28.7 Å². The molecule has 0 radical (unpaired) electrons. The van der Waals surface area contributed by atoms with Crippen LogP contribution in [0.15, 0.2) is 42.5 Å². The van der Waals surface area contributed by atoms with Crippen LogP contribution in [0.4, 0.5) is 0 Å². The fourth-order valence-corrected chi connectivity index (χ4v) is 4.62. The standard InChI is InChI=1S/C26H33N3O3/c1-20-5-3-4-12-29(20)26(31)19-27-13-15-28(16-14-27)25(30)11-7-21-6-8-23-18-24(32-2)10-9-22(23)17-21/h6-11,17-18,20H,3-5,12-16,19H2,1-2H3/b11-7+. The molecule has 4 rings (SSSR count). The number of piperazine rings is 1. The van der Waals surface area contributed by atoms with E-state index >= 15 is 0 Å². The topological polar surface area (TPSA) is 53.1 Å². The highest BCUT2D eigenvalue weighted by molar-refractivity contribution is 5.93. The van der Waals surface area contributed by atoms with E-state index in [1.54, 1.807) is 13.2 Å². The van der Waals surface area contributed by atoms with Crippen LogP contribution in [0.2, 0.25) is 0 Å². The van der Waals surface area contributed by atoms with Crippen LogP contribution < -0.4 is 4.74 Å². The van der Waals surface area contributed by atoms with E-state index in [0.29, 0.717) is 25.7 Å². The summed E-state index contributed by atoms with van der Waals surface area (Å²) in [6.07, 6.45) is 6.95. The maximum absolute atomic E-state index is 12.7. The van der Waals surface area contributed by atoms with Gasteiger partial charge in [-0.3, -0.25) is 14.5 Å². The number of carbonyl (C=O) groups excluding carboxylic acids is 2. The highest BCUT2D eigenvalue weighted by atomic mass is 16.5. The van der Waals surface area contributed by atoms with Crippen molar-refractivity contribution in [3.8, 4) is 5.75 Å². The van der Waals surface area contributed by atoms with Crippen molar-refractivity contribution in [1.82, 2.24) is 14.7 Å². The maximum Gasteiger partial charge on any atom is 0.246 e. The van der Waals surface area contributed by atoms with Crippen molar-refractivity contribution in [3.05, 3.63) is 48.0 Å². The van der Waals surface area contributed by atoms with Gasteiger partial charge in [-0.2, -0.15) is 0 Å². The van der Waals surface area contributed by atoms with E-state index in [1.807, 2.05) is 46.2 Å². The normalized spacial score (nSPS) is 20.1. The van der Waals surface area contributed by atoms with Crippen LogP contribution in [0.25, 0.3) is 16.8 Å². The number of carbonyl (C=O) groups is 2. The fraction of sp³-hybridized carbons (Fsp3) is 0.462. The predicted molar refractivity (Wildman–Crippen MR) is 128 cm³/mol. The smallest absolute Gasteiger partial charge is 0.246 e. The average Bonchev–Trinajstić information content (AvgIpc) is 2.82. The molecule has 6 heteroatoms. The van der Waals surface area contributed by atoms with Gasteiger partial charge in [0, 0.05) is 44.8 Å². The van der Waals surface area contributed by atoms with Crippen LogP contribution in [-0.2, 0) is 9.59 Å². The van der Waals surface area contributed by atoms with E-state index in [1.165, 1.54) is 6.42 Å². The Morgan fingerprint density at radius 3 is 2.50 bits per heavy atom. The van der Waals surface area contributed by atoms with Crippen molar-refractivity contribution in [3.63, 3.8) is 0 Å². The largest absolute Gasteiger partial charge is 0.497 e. The summed E-state index contributed by atoms with van der Waals surface area (Å²) in [6.45, 7) is 6.28. The van der Waals surface area contributed by atoms with Crippen molar-refractivity contribution in [2.45, 2.75) is 32.2 Å². The Labute approximate surface area is 190 Å². The van der Waals surface area contributed by atoms with Gasteiger partial charge in [-0.15, -0.1) is 0 Å². The lowest BCUT2D eigenvalue weighted by atomic mass is 10.0. The Morgan fingerprint density at radius 2 is 1.75 bits per heavy atom. The summed E-state index contributed by atoms with van der Waals surface area (Å²) in [5, 5.41) is 2.22. The molecule has 2 fully saturated rings. The van der Waals surface area contributed by atoms with Gasteiger partial charge in [-0.1, -0.05) is 18.2 Å². The summed E-state index contributed by atoms with van der Waals surface area (Å²) >= 11 is 0. The second kappa shape index (κ2) is 10.2. The predicted octanol–water partition coefficient (Wildman–Crippen LogP) is 3.41. The molecule has 2 heterocycles. The molecule has 0 aromatic heterocycles. The molecule has 32 heavy (non-hydrogen) atoms. The quantitative estimate of drug-likeness (QED) is 0.676. The highest BCUT2D eigenvalue weighted by Crippen LogP contribution is 2.22. The first-order valence-corrected chi connectivity index (χ1v) is 11.6. The molecular weight excluding hydrogens is 402 g/mol. The van der Waals surface area contributed by atoms with Crippen LogP contribution in [-0.4, -0.2) is 78.9 Å². The number of hydrogen-bond acceptors (Lipinski definition) is 4. The van der Waals surface area contributed by atoms with E-state index in [0.717, 1.165) is 54.6 Å². The zero-order valence-electron chi connectivity index (χ0n) is 19.1. The number of likely N-dealkylation sites (tertiary alicyclic amines) is 1. The zero-order valence-corrected chi connectivity index (χ0v) is 19.1. The summed E-state index contributed by atoms with van der Waals surface area (Å²) in [4.78, 5) is 31.4. The molecule has 2 aliphatic rings. The van der Waals surface area contributed by atoms with Crippen LogP contribution in [0.3, 0.4) is 0 Å². The SMILES string of the molecule is COc1ccc2cc(/C=C/C(=O)N3CCN(CC(=O)N4CCCCC4C)CC3)ccc2c1. The molecule has 1 unspecified atom stereocenters. The second-order valence-corrected chi connectivity index (χ2v) is 8.84. The summed E-state index contributed by atoms with van der Waals surface area (Å²) in [6, 6.07) is 12.4. The molecule has 0 aliphatic carbocycles. The molecular formula is C26H33N3O3. The molecule has 2 saturated heterocycles. The van der Waals surface area contributed by atoms with E-state index in [4.69, 9.17) is 4.74 Å². The van der Waals surface area contributed by atoms with Crippen LogP contribution >= 0.6 is 0 Å². The van der Waals surface area contributed by atoms with Crippen molar-refractivity contribution in [2.75, 3.05) is 46.4 Å². The summed E-state index contributed by atoms with van der Waals surface area (Å²) in [5.41, 5.74) is 0.996. The van der Waals surface area contributed by atoms with E-state index in [-0.39, 0.29) is 11.8 Å². The maximum atomic E-state index is 12.7. The minimum absolute atomic E-state index is 0.0236. The number of benzene rings is 2. The molecule has 0 saturated carbocycles. The Bertz CT molecular complexity index is 995. The summed E-state index contributed by atoms with van der Waals surface area (Å²) < 4.78 is 5.27. The summed E-state index contributed by atoms with van der Waals surface area (Å²) in [7, 11) is 1.66. The lowest BCUT2D eigenvalue weighted by Crippen LogP contribution is -2.52. The minimum atomic E-state index is 0.0236. The second-order valence-electron chi connectivity index (χ2n) is 8.84. The number of rotatable bonds is 5. The third kappa shape index (κ3) is 5.30. The first-order valence-electron chi connectivity index (χ1n) is 11.6. The first-order chi connectivity index (χ1) is 15.5. The van der Waals surface area contributed by atoms with Gasteiger partial charge >= 0.3 is 0 Å². The Morgan fingerprint density at radius 1 is 1.00 bits per heavy atom. The monoisotopic (exact) mass is 435 g/mol. The Hall–Kier alpha value is -2.86. The Kier molecular flexibility index (Phi) is 7.10. The molecule has 170 valence electrons. The molecule has 2 aromatic rings. The highest BCUT2D eigenvalue weighted by Gasteiger charge is 2.26. The number of piperidine rings is 1. The number of fused-ring (bicyclic) bond motifs is 1. The van der Waals surface area contributed by atoms with Crippen molar-refractivity contribution < 1.29 is 14.3 Å². The lowest BCUT2D eigenvalue weighted by molar-refractivity contribution is -0.136. The molecule has 0 spiro atoms. The minimum Gasteiger partial charge on any atom is -0.497 e. The van der Waals surface area contributed by atoms with Crippen LogP contribution in [0.5, 0.6) is 5.75 Å². The molecule has 2 aliphatic heterocycles. The third-order valence-electron chi connectivity index (χ3n) is 6.66. The van der Waals surface area contributed by atoms with E-state index in [2.05, 4.69) is 17.9 Å². The molecule has 1 atom stereocenters. The van der Waals surface area contributed by atoms with Gasteiger partial charge in [0.25, 0.3) is 0 Å². The number of nitrogens with zero attached hydrogens (tertiary/aromatic N) is 3. The fourth-order valence-electron chi connectivity index (χ4n) is 4.62. The molecule has 6 nitrogen and oxygen atoms in total. The van der Waals surface area contributed by atoms with Gasteiger partial charge in [0.05, 0.1) is 13.7 Å². The van der Waals surface area contributed by atoms with Gasteiger partial charge in [0.1, 0.15) is 5.75 Å². The number of methoxy groups -OCH3 is 1. The molecule has 2 amide bonds. The third-order valence-corrected chi connectivity index (χ3v) is 6.66. The molecule has 0 bridgehead atoms. The van der Waals surface area contributed by atoms with E-state index in [9.17, 15) is 9.59 Å². The van der Waals surface area contributed by atoms with Gasteiger partial charge in [-0.25, -0.2) is 0 Å². The lowest BCUT2D eigenvalue weighted by Gasteiger charge is -2.37. The van der Waals surface area contributed by atoms with Crippen molar-refractivity contribution in [2.24, 2.45) is 0 Å². The van der Waals surface area contributed by atoms with Gasteiger partial charge in [0.15, 0.2) is 0 Å². The number of hydrogen-bond donors (Lipinski definition) is 0. The molecule has 2 aromatic carbocycles. The van der Waals surface area contributed by atoms with Gasteiger partial charge < -0.3 is 14.5 Å². The average molecular weight is 436 g/mol. The zero-order chi connectivity index (χ0) is 22.5.